The molecule has 1 aromatic carbocycles. The Bertz CT molecular complexity index is 408. The van der Waals surface area contributed by atoms with Crippen LogP contribution in [0.15, 0.2) is 18.2 Å². The van der Waals surface area contributed by atoms with E-state index in [1.54, 1.807) is 18.2 Å². The van der Waals surface area contributed by atoms with E-state index < -0.39 is 0 Å². The van der Waals surface area contributed by atoms with Gasteiger partial charge in [-0.3, -0.25) is 4.79 Å². The molecular weight excluding hydrogens is 271 g/mol. The lowest BCUT2D eigenvalue weighted by molar-refractivity contribution is -0.115. The van der Waals surface area contributed by atoms with Crippen LogP contribution >= 0.6 is 23.2 Å². The van der Waals surface area contributed by atoms with E-state index in [9.17, 15) is 4.79 Å². The molecule has 0 bridgehead atoms. The van der Waals surface area contributed by atoms with Gasteiger partial charge in [-0.15, -0.1) is 0 Å². The Hall–Kier alpha value is -0.770. The number of halogens is 2. The van der Waals surface area contributed by atoms with Crippen LogP contribution in [0.2, 0.25) is 10.0 Å². The standard InChI is InChI=1S/C13H18Cl2N2O/c1-9(2)5-6-16-8-13(18)17-10-3-4-11(14)12(15)7-10/h3-4,7,9,16H,5-6,8H2,1-2H3,(H,17,18). The van der Waals surface area contributed by atoms with Gasteiger partial charge in [-0.25, -0.2) is 0 Å². The zero-order chi connectivity index (χ0) is 13.5. The van der Waals surface area contributed by atoms with Crippen LogP contribution in [0.5, 0.6) is 0 Å². The molecule has 0 atom stereocenters. The smallest absolute Gasteiger partial charge is 0.238 e. The van der Waals surface area contributed by atoms with Crippen molar-refractivity contribution in [3.8, 4) is 0 Å². The Morgan fingerprint density at radius 2 is 2.00 bits per heavy atom. The molecule has 1 amide bonds. The van der Waals surface area contributed by atoms with Crippen molar-refractivity contribution in [2.45, 2.75) is 20.3 Å². The second kappa shape index (κ2) is 7.62. The van der Waals surface area contributed by atoms with Crippen molar-refractivity contribution in [1.29, 1.82) is 0 Å². The number of rotatable bonds is 6. The summed E-state index contributed by atoms with van der Waals surface area (Å²) in [6, 6.07) is 5.02. The molecule has 0 saturated heterocycles. The van der Waals surface area contributed by atoms with Crippen LogP contribution in [0.1, 0.15) is 20.3 Å². The predicted octanol–water partition coefficient (Wildman–Crippen LogP) is 3.57. The van der Waals surface area contributed by atoms with E-state index in [0.29, 0.717) is 28.2 Å². The summed E-state index contributed by atoms with van der Waals surface area (Å²) in [5.74, 6) is 0.549. The first-order valence-electron chi connectivity index (χ1n) is 5.94. The number of amides is 1. The fourth-order valence-electron chi connectivity index (χ4n) is 1.37. The third-order valence-corrected chi connectivity index (χ3v) is 3.13. The van der Waals surface area contributed by atoms with Crippen LogP contribution in [0.4, 0.5) is 5.69 Å². The quantitative estimate of drug-likeness (QED) is 0.786. The zero-order valence-corrected chi connectivity index (χ0v) is 12.1. The first-order valence-corrected chi connectivity index (χ1v) is 6.70. The minimum Gasteiger partial charge on any atom is -0.325 e. The topological polar surface area (TPSA) is 41.1 Å². The van der Waals surface area contributed by atoms with Crippen LogP contribution in [-0.4, -0.2) is 19.0 Å². The van der Waals surface area contributed by atoms with E-state index in [4.69, 9.17) is 23.2 Å². The van der Waals surface area contributed by atoms with Crippen molar-refractivity contribution in [1.82, 2.24) is 5.32 Å². The van der Waals surface area contributed by atoms with Gasteiger partial charge in [0.05, 0.1) is 16.6 Å². The highest BCUT2D eigenvalue weighted by Crippen LogP contribution is 2.24. The Kier molecular flexibility index (Phi) is 6.47. The number of hydrogen-bond acceptors (Lipinski definition) is 2. The van der Waals surface area contributed by atoms with Crippen LogP contribution in [0, 0.1) is 5.92 Å². The number of anilines is 1. The van der Waals surface area contributed by atoms with E-state index in [1.807, 2.05) is 0 Å². The Balaban J connectivity index is 2.33. The molecule has 1 aromatic rings. The van der Waals surface area contributed by atoms with Gasteiger partial charge in [0.1, 0.15) is 0 Å². The van der Waals surface area contributed by atoms with Crippen molar-refractivity contribution in [2.24, 2.45) is 5.92 Å². The summed E-state index contributed by atoms with van der Waals surface area (Å²) < 4.78 is 0. The van der Waals surface area contributed by atoms with Gasteiger partial charge in [0, 0.05) is 5.69 Å². The molecule has 0 aliphatic carbocycles. The largest absolute Gasteiger partial charge is 0.325 e. The third kappa shape index (κ3) is 5.71. The summed E-state index contributed by atoms with van der Waals surface area (Å²) >= 11 is 11.7. The van der Waals surface area contributed by atoms with Crippen molar-refractivity contribution in [2.75, 3.05) is 18.4 Å². The van der Waals surface area contributed by atoms with E-state index in [1.165, 1.54) is 0 Å². The second-order valence-corrected chi connectivity index (χ2v) is 5.35. The molecule has 0 radical (unpaired) electrons. The maximum atomic E-state index is 11.6. The predicted molar refractivity (Wildman–Crippen MR) is 77.4 cm³/mol. The van der Waals surface area contributed by atoms with Crippen molar-refractivity contribution in [3.05, 3.63) is 28.2 Å². The summed E-state index contributed by atoms with van der Waals surface area (Å²) in [6.07, 6.45) is 1.06. The van der Waals surface area contributed by atoms with Crippen LogP contribution in [0.25, 0.3) is 0 Å². The molecule has 18 heavy (non-hydrogen) atoms. The lowest BCUT2D eigenvalue weighted by atomic mass is 10.1. The van der Waals surface area contributed by atoms with Gasteiger partial charge in [0.25, 0.3) is 0 Å². The molecule has 0 saturated carbocycles. The fourth-order valence-corrected chi connectivity index (χ4v) is 1.67. The van der Waals surface area contributed by atoms with Gasteiger partial charge in [0.15, 0.2) is 0 Å². The number of nitrogens with one attached hydrogen (secondary N) is 2. The molecule has 0 fully saturated rings. The molecular formula is C13H18Cl2N2O. The molecule has 0 aromatic heterocycles. The van der Waals surface area contributed by atoms with Crippen LogP contribution in [-0.2, 0) is 4.79 Å². The van der Waals surface area contributed by atoms with E-state index in [2.05, 4.69) is 24.5 Å². The Morgan fingerprint density at radius 1 is 1.28 bits per heavy atom. The van der Waals surface area contributed by atoms with Gasteiger partial charge in [-0.05, 0) is 37.1 Å². The van der Waals surface area contributed by atoms with Crippen LogP contribution < -0.4 is 10.6 Å². The number of carbonyl (C=O) groups excluding carboxylic acids is 1. The molecule has 0 unspecified atom stereocenters. The molecule has 3 nitrogen and oxygen atoms in total. The lowest BCUT2D eigenvalue weighted by Crippen LogP contribution is -2.29. The van der Waals surface area contributed by atoms with Gasteiger partial charge in [-0.1, -0.05) is 37.0 Å². The summed E-state index contributed by atoms with van der Waals surface area (Å²) in [5, 5.41) is 6.75. The molecule has 5 heteroatoms. The SMILES string of the molecule is CC(C)CCNCC(=O)Nc1ccc(Cl)c(Cl)c1. The first kappa shape index (κ1) is 15.3. The zero-order valence-electron chi connectivity index (χ0n) is 10.6. The first-order chi connectivity index (χ1) is 8.49. The molecule has 100 valence electrons. The van der Waals surface area contributed by atoms with E-state index in [-0.39, 0.29) is 5.91 Å². The summed E-state index contributed by atoms with van der Waals surface area (Å²) in [7, 11) is 0. The summed E-state index contributed by atoms with van der Waals surface area (Å²) in [4.78, 5) is 11.6. The minimum atomic E-state index is -0.0860. The minimum absolute atomic E-state index is 0.0860. The van der Waals surface area contributed by atoms with Gasteiger partial charge < -0.3 is 10.6 Å². The van der Waals surface area contributed by atoms with E-state index in [0.717, 1.165) is 13.0 Å². The number of carbonyl (C=O) groups is 1. The summed E-state index contributed by atoms with van der Waals surface area (Å²) in [5.41, 5.74) is 0.653. The van der Waals surface area contributed by atoms with Crippen molar-refractivity contribution in [3.63, 3.8) is 0 Å². The molecule has 1 rings (SSSR count). The number of hydrogen-bond donors (Lipinski definition) is 2. The Labute approximate surface area is 118 Å². The summed E-state index contributed by atoms with van der Waals surface area (Å²) in [6.45, 7) is 5.44. The molecule has 0 aliphatic heterocycles. The molecule has 0 heterocycles. The van der Waals surface area contributed by atoms with Crippen molar-refractivity contribution >= 4 is 34.8 Å². The third-order valence-electron chi connectivity index (χ3n) is 2.39. The number of benzene rings is 1. The van der Waals surface area contributed by atoms with E-state index >= 15 is 0 Å². The molecule has 0 aliphatic rings. The highest BCUT2D eigenvalue weighted by Gasteiger charge is 2.04. The van der Waals surface area contributed by atoms with Gasteiger partial charge in [0.2, 0.25) is 5.91 Å². The van der Waals surface area contributed by atoms with Crippen LogP contribution in [0.3, 0.4) is 0 Å². The highest BCUT2D eigenvalue weighted by molar-refractivity contribution is 6.42. The van der Waals surface area contributed by atoms with Crippen molar-refractivity contribution < 1.29 is 4.79 Å². The maximum Gasteiger partial charge on any atom is 0.238 e. The Morgan fingerprint density at radius 3 is 2.61 bits per heavy atom. The monoisotopic (exact) mass is 288 g/mol. The average Bonchev–Trinajstić information content (AvgIpc) is 2.29. The molecule has 0 spiro atoms. The highest BCUT2D eigenvalue weighted by atomic mass is 35.5. The normalized spacial score (nSPS) is 10.7. The fraction of sp³-hybridized carbons (Fsp3) is 0.462. The van der Waals surface area contributed by atoms with Gasteiger partial charge >= 0.3 is 0 Å². The van der Waals surface area contributed by atoms with Gasteiger partial charge in [-0.2, -0.15) is 0 Å². The molecule has 2 N–H and O–H groups in total. The lowest BCUT2D eigenvalue weighted by Gasteiger charge is -2.08. The average molecular weight is 289 g/mol. The second-order valence-electron chi connectivity index (χ2n) is 4.54. The maximum absolute atomic E-state index is 11.6.